The van der Waals surface area contributed by atoms with Crippen LogP contribution in [0.2, 0.25) is 0 Å². The average Bonchev–Trinajstić information content (AvgIpc) is 2.92. The fourth-order valence-corrected chi connectivity index (χ4v) is 1.77. The number of rotatable bonds is 2. The number of H-pyrrole nitrogens is 1. The van der Waals surface area contributed by atoms with E-state index in [9.17, 15) is 0 Å². The average molecular weight is 243 g/mol. The molecule has 0 fully saturated rings. The highest BCUT2D eigenvalue weighted by molar-refractivity contribution is 5.76. The molecule has 3 heterocycles. The number of hydrogen-bond donors (Lipinski definition) is 1. The van der Waals surface area contributed by atoms with E-state index in [4.69, 9.17) is 4.42 Å². The van der Waals surface area contributed by atoms with E-state index in [1.165, 1.54) is 6.39 Å². The third kappa shape index (κ3) is 1.62. The van der Waals surface area contributed by atoms with Crippen molar-refractivity contribution >= 4 is 17.0 Å². The molecule has 0 bridgehead atoms. The van der Waals surface area contributed by atoms with Gasteiger partial charge in [-0.1, -0.05) is 0 Å². The highest BCUT2D eigenvalue weighted by Crippen LogP contribution is 2.23. The van der Waals surface area contributed by atoms with E-state index >= 15 is 0 Å². The van der Waals surface area contributed by atoms with Gasteiger partial charge in [-0.2, -0.15) is 0 Å². The van der Waals surface area contributed by atoms with E-state index in [0.29, 0.717) is 17.2 Å². The first-order valence-corrected chi connectivity index (χ1v) is 5.59. The van der Waals surface area contributed by atoms with Crippen molar-refractivity contribution in [3.63, 3.8) is 0 Å². The van der Waals surface area contributed by atoms with Crippen LogP contribution in [0.3, 0.4) is 0 Å². The Kier molecular flexibility index (Phi) is 2.29. The SMILES string of the molecule is Cc1ncoc1-c1nc2nc(N(C)C)ccc2[nH]1. The van der Waals surface area contributed by atoms with E-state index in [1.807, 2.05) is 38.1 Å². The number of aryl methyl sites for hydroxylation is 1. The summed E-state index contributed by atoms with van der Waals surface area (Å²) >= 11 is 0. The molecule has 0 aliphatic heterocycles. The normalized spacial score (nSPS) is 11.1. The second kappa shape index (κ2) is 3.83. The molecule has 0 aromatic carbocycles. The lowest BCUT2D eigenvalue weighted by molar-refractivity contribution is 0.567. The van der Waals surface area contributed by atoms with E-state index in [2.05, 4.69) is 19.9 Å². The second-order valence-electron chi connectivity index (χ2n) is 4.29. The number of aromatic nitrogens is 4. The van der Waals surface area contributed by atoms with E-state index in [1.54, 1.807) is 0 Å². The van der Waals surface area contributed by atoms with Gasteiger partial charge >= 0.3 is 0 Å². The van der Waals surface area contributed by atoms with Crippen molar-refractivity contribution in [3.05, 3.63) is 24.2 Å². The second-order valence-corrected chi connectivity index (χ2v) is 4.29. The lowest BCUT2D eigenvalue weighted by Gasteiger charge is -2.09. The maximum Gasteiger partial charge on any atom is 0.192 e. The summed E-state index contributed by atoms with van der Waals surface area (Å²) in [6, 6.07) is 3.90. The van der Waals surface area contributed by atoms with Crippen LogP contribution in [0.25, 0.3) is 22.7 Å². The highest BCUT2D eigenvalue weighted by atomic mass is 16.3. The number of pyridine rings is 1. The summed E-state index contributed by atoms with van der Waals surface area (Å²) in [4.78, 5) is 18.1. The van der Waals surface area contributed by atoms with Crippen LogP contribution in [-0.2, 0) is 0 Å². The topological polar surface area (TPSA) is 70.8 Å². The lowest BCUT2D eigenvalue weighted by Crippen LogP contribution is -2.10. The van der Waals surface area contributed by atoms with Gasteiger partial charge in [0.25, 0.3) is 0 Å². The molecule has 3 aromatic rings. The van der Waals surface area contributed by atoms with E-state index in [-0.39, 0.29) is 0 Å². The third-order valence-electron chi connectivity index (χ3n) is 2.75. The fourth-order valence-electron chi connectivity index (χ4n) is 1.77. The molecule has 0 radical (unpaired) electrons. The Morgan fingerprint density at radius 2 is 2.06 bits per heavy atom. The first-order valence-electron chi connectivity index (χ1n) is 5.59. The van der Waals surface area contributed by atoms with Gasteiger partial charge in [-0.05, 0) is 19.1 Å². The molecule has 1 N–H and O–H groups in total. The quantitative estimate of drug-likeness (QED) is 0.745. The van der Waals surface area contributed by atoms with Gasteiger partial charge in [0.05, 0.1) is 11.2 Å². The Labute approximate surface area is 104 Å². The number of anilines is 1. The third-order valence-corrected chi connectivity index (χ3v) is 2.75. The summed E-state index contributed by atoms with van der Waals surface area (Å²) in [5.74, 6) is 2.18. The molecule has 0 unspecified atom stereocenters. The summed E-state index contributed by atoms with van der Waals surface area (Å²) in [5, 5.41) is 0. The van der Waals surface area contributed by atoms with Crippen LogP contribution in [-0.4, -0.2) is 34.0 Å². The zero-order valence-electron chi connectivity index (χ0n) is 10.4. The van der Waals surface area contributed by atoms with Gasteiger partial charge < -0.3 is 14.3 Å². The molecular weight excluding hydrogens is 230 g/mol. The molecule has 0 aliphatic carbocycles. The molecule has 92 valence electrons. The molecule has 0 saturated heterocycles. The molecule has 3 rings (SSSR count). The number of nitrogens with one attached hydrogen (secondary N) is 1. The van der Waals surface area contributed by atoms with E-state index in [0.717, 1.165) is 17.0 Å². The van der Waals surface area contributed by atoms with Gasteiger partial charge in [0.15, 0.2) is 23.6 Å². The van der Waals surface area contributed by atoms with Crippen molar-refractivity contribution in [1.29, 1.82) is 0 Å². The highest BCUT2D eigenvalue weighted by Gasteiger charge is 2.13. The molecule has 0 saturated carbocycles. The molecule has 0 spiro atoms. The summed E-state index contributed by atoms with van der Waals surface area (Å²) in [7, 11) is 3.89. The van der Waals surface area contributed by atoms with Crippen LogP contribution >= 0.6 is 0 Å². The molecule has 6 heteroatoms. The Hall–Kier alpha value is -2.37. The largest absolute Gasteiger partial charge is 0.440 e. The van der Waals surface area contributed by atoms with Gasteiger partial charge in [-0.25, -0.2) is 15.0 Å². The molecule has 0 amide bonds. The lowest BCUT2D eigenvalue weighted by atomic mass is 10.3. The molecule has 18 heavy (non-hydrogen) atoms. The Balaban J connectivity index is 2.14. The van der Waals surface area contributed by atoms with Crippen LogP contribution in [0.4, 0.5) is 5.82 Å². The Morgan fingerprint density at radius 1 is 1.22 bits per heavy atom. The predicted molar refractivity (Wildman–Crippen MR) is 68.4 cm³/mol. The van der Waals surface area contributed by atoms with E-state index < -0.39 is 0 Å². The first-order chi connectivity index (χ1) is 8.65. The summed E-state index contributed by atoms with van der Waals surface area (Å²) in [6.07, 6.45) is 1.41. The van der Waals surface area contributed by atoms with Crippen molar-refractivity contribution in [1.82, 2.24) is 19.9 Å². The van der Waals surface area contributed by atoms with Crippen molar-refractivity contribution in [3.8, 4) is 11.6 Å². The van der Waals surface area contributed by atoms with Crippen LogP contribution in [0, 0.1) is 6.92 Å². The molecule has 3 aromatic heterocycles. The van der Waals surface area contributed by atoms with Crippen molar-refractivity contribution < 1.29 is 4.42 Å². The molecule has 0 atom stereocenters. The van der Waals surface area contributed by atoms with Crippen molar-refractivity contribution in [2.24, 2.45) is 0 Å². The van der Waals surface area contributed by atoms with Gasteiger partial charge in [-0.15, -0.1) is 0 Å². The summed E-state index contributed by atoms with van der Waals surface area (Å²) < 4.78 is 5.31. The minimum atomic E-state index is 0.652. The minimum absolute atomic E-state index is 0.652. The monoisotopic (exact) mass is 243 g/mol. The van der Waals surface area contributed by atoms with Crippen molar-refractivity contribution in [2.45, 2.75) is 6.92 Å². The van der Waals surface area contributed by atoms with Crippen molar-refractivity contribution in [2.75, 3.05) is 19.0 Å². The smallest absolute Gasteiger partial charge is 0.192 e. The summed E-state index contributed by atoms with van der Waals surface area (Å²) in [6.45, 7) is 1.88. The number of hydrogen-bond acceptors (Lipinski definition) is 5. The first kappa shape index (κ1) is 10.8. The minimum Gasteiger partial charge on any atom is -0.440 e. The molecular formula is C12H13N5O. The predicted octanol–water partition coefficient (Wildman–Crippen LogP) is 1.99. The number of oxazole rings is 1. The Bertz CT molecular complexity index is 697. The maximum absolute atomic E-state index is 5.31. The van der Waals surface area contributed by atoms with Crippen LogP contribution in [0.1, 0.15) is 5.69 Å². The summed E-state index contributed by atoms with van der Waals surface area (Å²) in [5.41, 5.74) is 2.36. The van der Waals surface area contributed by atoms with Crippen LogP contribution in [0.15, 0.2) is 22.9 Å². The number of fused-ring (bicyclic) bond motifs is 1. The molecule has 6 nitrogen and oxygen atoms in total. The van der Waals surface area contributed by atoms with Gasteiger partial charge in [-0.3, -0.25) is 0 Å². The Morgan fingerprint density at radius 3 is 2.72 bits per heavy atom. The zero-order valence-corrected chi connectivity index (χ0v) is 10.4. The number of nitrogens with zero attached hydrogens (tertiary/aromatic N) is 4. The fraction of sp³-hybridized carbons (Fsp3) is 0.250. The van der Waals surface area contributed by atoms with Gasteiger partial charge in [0.1, 0.15) is 5.82 Å². The number of imidazole rings is 1. The van der Waals surface area contributed by atoms with Gasteiger partial charge in [0, 0.05) is 14.1 Å². The standard InChI is InChI=1S/C12H13N5O/c1-7-10(18-6-13-7)12-14-8-4-5-9(17(2)3)15-11(8)16-12/h4-6H,1-3H3,(H,14,15,16). The maximum atomic E-state index is 5.31. The van der Waals surface area contributed by atoms with Gasteiger partial charge in [0.2, 0.25) is 0 Å². The van der Waals surface area contributed by atoms with Crippen LogP contribution < -0.4 is 4.90 Å². The number of aromatic amines is 1. The van der Waals surface area contributed by atoms with Crippen LogP contribution in [0.5, 0.6) is 0 Å². The zero-order chi connectivity index (χ0) is 12.7. The molecule has 0 aliphatic rings.